The van der Waals surface area contributed by atoms with Crippen LogP contribution < -0.4 is 10.1 Å². The summed E-state index contributed by atoms with van der Waals surface area (Å²) >= 11 is 0. The standard InChI is InChI=1S/C20H31N3O4S/c1-16-3-5-17(6-4-16)21-20(24)15-22-11-13-23(14-12-22)28(25,26)19-9-7-18(27-2)8-10-19/h7-10,16-17H,3-6,11-15H2,1-2H3,(H,21,24). The summed E-state index contributed by atoms with van der Waals surface area (Å²) in [6, 6.07) is 6.73. The summed E-state index contributed by atoms with van der Waals surface area (Å²) in [5.74, 6) is 1.43. The Kier molecular flexibility index (Phi) is 6.95. The first-order valence-electron chi connectivity index (χ1n) is 10.0. The van der Waals surface area contributed by atoms with Gasteiger partial charge in [-0.15, -0.1) is 0 Å². The van der Waals surface area contributed by atoms with Crippen molar-refractivity contribution in [3.63, 3.8) is 0 Å². The maximum Gasteiger partial charge on any atom is 0.243 e. The fraction of sp³-hybridized carbons (Fsp3) is 0.650. The maximum atomic E-state index is 12.8. The molecule has 7 nitrogen and oxygen atoms in total. The van der Waals surface area contributed by atoms with Crippen LogP contribution in [0.4, 0.5) is 0 Å². The molecule has 28 heavy (non-hydrogen) atoms. The highest BCUT2D eigenvalue weighted by Gasteiger charge is 2.29. The molecule has 2 aliphatic rings. The van der Waals surface area contributed by atoms with E-state index in [0.717, 1.165) is 18.8 Å². The Morgan fingerprint density at radius 2 is 1.68 bits per heavy atom. The molecule has 3 rings (SSSR count). The SMILES string of the molecule is COc1ccc(S(=O)(=O)N2CCN(CC(=O)NC3CCC(C)CC3)CC2)cc1. The maximum absolute atomic E-state index is 12.8. The third-order valence-corrected chi connectivity index (χ3v) is 7.69. The van der Waals surface area contributed by atoms with Crippen LogP contribution in [0.5, 0.6) is 5.75 Å². The largest absolute Gasteiger partial charge is 0.497 e. The van der Waals surface area contributed by atoms with Crippen molar-refractivity contribution in [2.75, 3.05) is 39.8 Å². The van der Waals surface area contributed by atoms with Crippen LogP contribution in [0.25, 0.3) is 0 Å². The van der Waals surface area contributed by atoms with Gasteiger partial charge in [0.15, 0.2) is 0 Å². The van der Waals surface area contributed by atoms with Crippen molar-refractivity contribution >= 4 is 15.9 Å². The Labute approximate surface area is 168 Å². The van der Waals surface area contributed by atoms with Gasteiger partial charge in [-0.05, 0) is 55.9 Å². The van der Waals surface area contributed by atoms with Crippen molar-refractivity contribution in [2.45, 2.75) is 43.5 Å². The minimum Gasteiger partial charge on any atom is -0.497 e. The van der Waals surface area contributed by atoms with Crippen LogP contribution in [-0.4, -0.2) is 69.4 Å². The molecule has 0 atom stereocenters. The highest BCUT2D eigenvalue weighted by atomic mass is 32.2. The lowest BCUT2D eigenvalue weighted by Gasteiger charge is -2.34. The van der Waals surface area contributed by atoms with E-state index in [1.807, 2.05) is 4.90 Å². The highest BCUT2D eigenvalue weighted by Crippen LogP contribution is 2.23. The number of benzene rings is 1. The van der Waals surface area contributed by atoms with E-state index in [4.69, 9.17) is 4.74 Å². The molecule has 1 aromatic rings. The first kappa shape index (κ1) is 21.1. The molecule has 1 aliphatic heterocycles. The van der Waals surface area contributed by atoms with Gasteiger partial charge in [-0.2, -0.15) is 4.31 Å². The Morgan fingerprint density at radius 1 is 1.07 bits per heavy atom. The van der Waals surface area contributed by atoms with E-state index in [2.05, 4.69) is 12.2 Å². The average Bonchev–Trinajstić information content (AvgIpc) is 2.70. The van der Waals surface area contributed by atoms with Crippen molar-refractivity contribution in [2.24, 2.45) is 5.92 Å². The smallest absolute Gasteiger partial charge is 0.243 e. The fourth-order valence-electron chi connectivity index (χ4n) is 3.91. The van der Waals surface area contributed by atoms with Gasteiger partial charge in [0.1, 0.15) is 5.75 Å². The first-order chi connectivity index (χ1) is 13.4. The number of hydrogen-bond acceptors (Lipinski definition) is 5. The van der Waals surface area contributed by atoms with Crippen LogP contribution >= 0.6 is 0 Å². The molecule has 1 N–H and O–H groups in total. The monoisotopic (exact) mass is 409 g/mol. The number of carbonyl (C=O) groups is 1. The summed E-state index contributed by atoms with van der Waals surface area (Å²) in [6.45, 7) is 4.50. The number of sulfonamides is 1. The van der Waals surface area contributed by atoms with E-state index in [9.17, 15) is 13.2 Å². The summed E-state index contributed by atoms with van der Waals surface area (Å²) in [7, 11) is -1.97. The van der Waals surface area contributed by atoms with E-state index in [1.165, 1.54) is 17.1 Å². The average molecular weight is 410 g/mol. The molecular weight excluding hydrogens is 378 g/mol. The number of amides is 1. The van der Waals surface area contributed by atoms with E-state index >= 15 is 0 Å². The van der Waals surface area contributed by atoms with Crippen LogP contribution in [0.2, 0.25) is 0 Å². The molecule has 1 aromatic carbocycles. The zero-order chi connectivity index (χ0) is 20.1. The number of nitrogens with zero attached hydrogens (tertiary/aromatic N) is 2. The fourth-order valence-corrected chi connectivity index (χ4v) is 5.33. The second kappa shape index (κ2) is 9.24. The molecular formula is C20H31N3O4S. The summed E-state index contributed by atoms with van der Waals surface area (Å²) in [4.78, 5) is 14.6. The van der Waals surface area contributed by atoms with Gasteiger partial charge in [-0.25, -0.2) is 8.42 Å². The molecule has 0 unspecified atom stereocenters. The van der Waals surface area contributed by atoms with Gasteiger partial charge < -0.3 is 10.1 Å². The summed E-state index contributed by atoms with van der Waals surface area (Å²) in [6.07, 6.45) is 4.46. The minimum absolute atomic E-state index is 0.0472. The Morgan fingerprint density at radius 3 is 2.25 bits per heavy atom. The number of ether oxygens (including phenoxy) is 1. The summed E-state index contributed by atoms with van der Waals surface area (Å²) in [5.41, 5.74) is 0. The van der Waals surface area contributed by atoms with E-state index in [0.29, 0.717) is 44.5 Å². The molecule has 1 heterocycles. The van der Waals surface area contributed by atoms with Gasteiger partial charge in [0, 0.05) is 32.2 Å². The number of methoxy groups -OCH3 is 1. The molecule has 0 aromatic heterocycles. The van der Waals surface area contributed by atoms with Crippen LogP contribution in [-0.2, 0) is 14.8 Å². The number of nitrogens with one attached hydrogen (secondary N) is 1. The van der Waals surface area contributed by atoms with Gasteiger partial charge in [0.2, 0.25) is 15.9 Å². The predicted molar refractivity (Wildman–Crippen MR) is 108 cm³/mol. The second-order valence-corrected chi connectivity index (χ2v) is 9.82. The van der Waals surface area contributed by atoms with Gasteiger partial charge in [-0.3, -0.25) is 9.69 Å². The number of carbonyl (C=O) groups excluding carboxylic acids is 1. The number of hydrogen-bond donors (Lipinski definition) is 1. The van der Waals surface area contributed by atoms with E-state index < -0.39 is 10.0 Å². The van der Waals surface area contributed by atoms with Crippen LogP contribution in [0.15, 0.2) is 29.2 Å². The molecule has 1 amide bonds. The van der Waals surface area contributed by atoms with Crippen molar-refractivity contribution in [1.82, 2.24) is 14.5 Å². The third-order valence-electron chi connectivity index (χ3n) is 5.78. The summed E-state index contributed by atoms with van der Waals surface area (Å²) < 4.78 is 32.2. The lowest BCUT2D eigenvalue weighted by Crippen LogP contribution is -2.52. The topological polar surface area (TPSA) is 79.0 Å². The molecule has 8 heteroatoms. The number of piperazine rings is 1. The van der Waals surface area contributed by atoms with Crippen LogP contribution in [0.3, 0.4) is 0 Å². The molecule has 156 valence electrons. The first-order valence-corrected chi connectivity index (χ1v) is 11.5. The molecule has 2 fully saturated rings. The quantitative estimate of drug-likeness (QED) is 0.774. The normalized spacial score (nSPS) is 24.6. The second-order valence-electron chi connectivity index (χ2n) is 7.88. The van der Waals surface area contributed by atoms with Crippen molar-refractivity contribution in [3.05, 3.63) is 24.3 Å². The number of rotatable bonds is 6. The van der Waals surface area contributed by atoms with Crippen molar-refractivity contribution in [1.29, 1.82) is 0 Å². The third kappa shape index (κ3) is 5.24. The summed E-state index contributed by atoms with van der Waals surface area (Å²) in [5, 5.41) is 3.14. The van der Waals surface area contributed by atoms with Crippen LogP contribution in [0.1, 0.15) is 32.6 Å². The molecule has 1 saturated heterocycles. The van der Waals surface area contributed by atoms with Gasteiger partial charge in [0.25, 0.3) is 0 Å². The van der Waals surface area contributed by atoms with Gasteiger partial charge >= 0.3 is 0 Å². The van der Waals surface area contributed by atoms with Crippen molar-refractivity contribution < 1.29 is 17.9 Å². The molecule has 0 spiro atoms. The van der Waals surface area contributed by atoms with Crippen LogP contribution in [0, 0.1) is 5.92 Å². The van der Waals surface area contributed by atoms with Gasteiger partial charge in [-0.1, -0.05) is 6.92 Å². The van der Waals surface area contributed by atoms with Crippen molar-refractivity contribution in [3.8, 4) is 5.75 Å². The Balaban J connectivity index is 1.47. The zero-order valence-electron chi connectivity index (χ0n) is 16.8. The Bertz CT molecular complexity index is 750. The van der Waals surface area contributed by atoms with Gasteiger partial charge in [0.05, 0.1) is 18.6 Å². The molecule has 1 saturated carbocycles. The predicted octanol–water partition coefficient (Wildman–Crippen LogP) is 1.70. The van der Waals surface area contributed by atoms with E-state index in [-0.39, 0.29) is 10.8 Å². The Hall–Kier alpha value is -1.64. The van der Waals surface area contributed by atoms with E-state index in [1.54, 1.807) is 31.4 Å². The molecule has 0 radical (unpaired) electrons. The minimum atomic E-state index is -3.52. The molecule has 1 aliphatic carbocycles. The molecule has 0 bridgehead atoms. The zero-order valence-corrected chi connectivity index (χ0v) is 17.6. The highest BCUT2D eigenvalue weighted by molar-refractivity contribution is 7.89. The lowest BCUT2D eigenvalue weighted by molar-refractivity contribution is -0.123. The lowest BCUT2D eigenvalue weighted by atomic mass is 9.87.